The van der Waals surface area contributed by atoms with Gasteiger partial charge in [-0.15, -0.1) is 0 Å². The molecule has 1 amide bonds. The van der Waals surface area contributed by atoms with Gasteiger partial charge < -0.3 is 29.0 Å². The van der Waals surface area contributed by atoms with Crippen LogP contribution in [0.25, 0.3) is 0 Å². The summed E-state index contributed by atoms with van der Waals surface area (Å²) in [7, 11) is 0. The van der Waals surface area contributed by atoms with Gasteiger partial charge in [0.2, 0.25) is 5.91 Å². The Bertz CT molecular complexity index is 465. The van der Waals surface area contributed by atoms with E-state index in [4.69, 9.17) is 23.7 Å². The van der Waals surface area contributed by atoms with Gasteiger partial charge in [0.15, 0.2) is 17.9 Å². The lowest BCUT2D eigenvalue weighted by atomic mass is 10.0. The molecule has 0 spiro atoms. The third-order valence-corrected chi connectivity index (χ3v) is 4.29. The van der Waals surface area contributed by atoms with Gasteiger partial charge in [0.1, 0.15) is 18.3 Å². The molecule has 7 nitrogen and oxygen atoms in total. The number of hydrogen-bond donors (Lipinski definition) is 1. The van der Waals surface area contributed by atoms with Crippen molar-refractivity contribution in [1.82, 2.24) is 5.32 Å². The first-order valence-electron chi connectivity index (χ1n) is 8.33. The zero-order valence-electron chi connectivity index (χ0n) is 14.5. The molecular formula is C16H27NO6. The summed E-state index contributed by atoms with van der Waals surface area (Å²) in [4.78, 5) is 12.1. The smallest absolute Gasteiger partial charge is 0.220 e. The maximum absolute atomic E-state index is 12.1. The zero-order chi connectivity index (χ0) is 16.8. The quantitative estimate of drug-likeness (QED) is 0.838. The van der Waals surface area contributed by atoms with E-state index in [1.165, 1.54) is 0 Å². The molecule has 0 aromatic heterocycles. The number of hydrogen-bond acceptors (Lipinski definition) is 6. The van der Waals surface area contributed by atoms with E-state index in [2.05, 4.69) is 5.32 Å². The first-order valence-corrected chi connectivity index (χ1v) is 8.33. The molecule has 3 rings (SSSR count). The molecule has 5 atom stereocenters. The fourth-order valence-corrected chi connectivity index (χ4v) is 3.38. The molecule has 3 saturated heterocycles. The number of amides is 1. The molecule has 1 N–H and O–H groups in total. The van der Waals surface area contributed by atoms with Crippen LogP contribution in [0.1, 0.15) is 47.5 Å². The molecule has 0 aromatic rings. The molecule has 0 aliphatic carbocycles. The van der Waals surface area contributed by atoms with Gasteiger partial charge in [0, 0.05) is 6.42 Å². The van der Waals surface area contributed by atoms with Crippen molar-refractivity contribution >= 4 is 5.91 Å². The molecule has 3 aliphatic heterocycles. The highest BCUT2D eigenvalue weighted by Gasteiger charge is 2.58. The SMILES string of the molecule is CCCC(=O)N[C@@H]1[C@H]2OC(C)(C)O[C@H]2O[C@@H]1[C@H]1COC(C)(C)O1. The third kappa shape index (κ3) is 3.53. The maximum Gasteiger partial charge on any atom is 0.220 e. The average Bonchev–Trinajstić information content (AvgIpc) is 3.01. The number of rotatable bonds is 4. The van der Waals surface area contributed by atoms with Crippen LogP contribution in [0.3, 0.4) is 0 Å². The molecular weight excluding hydrogens is 302 g/mol. The number of ether oxygens (including phenoxy) is 5. The van der Waals surface area contributed by atoms with Gasteiger partial charge >= 0.3 is 0 Å². The summed E-state index contributed by atoms with van der Waals surface area (Å²) in [5, 5.41) is 3.04. The topological polar surface area (TPSA) is 75.3 Å². The molecule has 132 valence electrons. The van der Waals surface area contributed by atoms with Crippen molar-refractivity contribution in [3.8, 4) is 0 Å². The van der Waals surface area contributed by atoms with Gasteiger partial charge in [-0.2, -0.15) is 0 Å². The minimum absolute atomic E-state index is 0.0155. The van der Waals surface area contributed by atoms with Crippen molar-refractivity contribution in [1.29, 1.82) is 0 Å². The van der Waals surface area contributed by atoms with Crippen LogP contribution in [0.5, 0.6) is 0 Å². The second-order valence-electron chi connectivity index (χ2n) is 7.28. The number of carbonyl (C=O) groups is 1. The predicted molar refractivity (Wildman–Crippen MR) is 80.4 cm³/mol. The summed E-state index contributed by atoms with van der Waals surface area (Å²) in [5.41, 5.74) is 0. The first kappa shape index (κ1) is 17.1. The molecule has 0 bridgehead atoms. The van der Waals surface area contributed by atoms with Crippen LogP contribution in [0.2, 0.25) is 0 Å². The normalized spacial score (nSPS) is 41.0. The van der Waals surface area contributed by atoms with Gasteiger partial charge in [-0.1, -0.05) is 6.92 Å². The molecule has 23 heavy (non-hydrogen) atoms. The van der Waals surface area contributed by atoms with E-state index in [1.54, 1.807) is 0 Å². The van der Waals surface area contributed by atoms with E-state index in [1.807, 2.05) is 34.6 Å². The molecule has 0 radical (unpaired) electrons. The van der Waals surface area contributed by atoms with Crippen molar-refractivity contribution in [2.45, 2.75) is 89.7 Å². The second kappa shape index (κ2) is 5.97. The fraction of sp³-hybridized carbons (Fsp3) is 0.938. The number of fused-ring (bicyclic) bond motifs is 1. The van der Waals surface area contributed by atoms with Crippen molar-refractivity contribution in [2.24, 2.45) is 0 Å². The van der Waals surface area contributed by atoms with Gasteiger partial charge in [0.05, 0.1) is 12.6 Å². The van der Waals surface area contributed by atoms with Gasteiger partial charge in [-0.05, 0) is 34.1 Å². The van der Waals surface area contributed by atoms with E-state index in [0.29, 0.717) is 13.0 Å². The van der Waals surface area contributed by atoms with Crippen molar-refractivity contribution in [3.63, 3.8) is 0 Å². The monoisotopic (exact) mass is 329 g/mol. The number of carbonyl (C=O) groups excluding carboxylic acids is 1. The molecule has 3 aliphatic rings. The Labute approximate surface area is 136 Å². The highest BCUT2D eigenvalue weighted by molar-refractivity contribution is 5.76. The fourth-order valence-electron chi connectivity index (χ4n) is 3.38. The van der Waals surface area contributed by atoms with Gasteiger partial charge in [-0.25, -0.2) is 0 Å². The molecule has 7 heteroatoms. The lowest BCUT2D eigenvalue weighted by molar-refractivity contribution is -0.223. The molecule has 3 fully saturated rings. The van der Waals surface area contributed by atoms with Crippen LogP contribution < -0.4 is 5.32 Å². The molecule has 0 unspecified atom stereocenters. The van der Waals surface area contributed by atoms with Crippen LogP contribution in [0.4, 0.5) is 0 Å². The Kier molecular flexibility index (Phi) is 4.44. The summed E-state index contributed by atoms with van der Waals surface area (Å²) >= 11 is 0. The Hall–Kier alpha value is -0.730. The van der Waals surface area contributed by atoms with Crippen LogP contribution in [-0.4, -0.2) is 54.7 Å². The van der Waals surface area contributed by atoms with E-state index in [0.717, 1.165) is 6.42 Å². The third-order valence-electron chi connectivity index (χ3n) is 4.29. The predicted octanol–water partition coefficient (Wildman–Crippen LogP) is 1.30. The lowest BCUT2D eigenvalue weighted by Gasteiger charge is -2.29. The van der Waals surface area contributed by atoms with Crippen LogP contribution in [0.15, 0.2) is 0 Å². The van der Waals surface area contributed by atoms with E-state index >= 15 is 0 Å². The van der Waals surface area contributed by atoms with Crippen molar-refractivity contribution in [3.05, 3.63) is 0 Å². The summed E-state index contributed by atoms with van der Waals surface area (Å²) in [6, 6.07) is -0.316. The molecule has 0 aromatic carbocycles. The molecule has 0 saturated carbocycles. The first-order chi connectivity index (χ1) is 10.7. The van der Waals surface area contributed by atoms with Crippen LogP contribution in [0, 0.1) is 0 Å². The summed E-state index contributed by atoms with van der Waals surface area (Å²) in [5.74, 6) is -1.39. The standard InChI is InChI=1S/C16H27NO6/c1-6-7-10(18)17-11-12(9-8-19-15(2,3)21-9)20-14-13(11)22-16(4,5)23-14/h9,11-14H,6-8H2,1-5H3,(H,17,18)/t9-,11+,12-,13-,14-/m1/s1. The Balaban J connectivity index is 1.75. The van der Waals surface area contributed by atoms with E-state index in [-0.39, 0.29) is 30.3 Å². The summed E-state index contributed by atoms with van der Waals surface area (Å²) in [6.45, 7) is 9.80. The van der Waals surface area contributed by atoms with E-state index in [9.17, 15) is 4.79 Å². The Morgan fingerprint density at radius 3 is 2.43 bits per heavy atom. The average molecular weight is 329 g/mol. The zero-order valence-corrected chi connectivity index (χ0v) is 14.5. The van der Waals surface area contributed by atoms with Crippen LogP contribution in [-0.2, 0) is 28.5 Å². The summed E-state index contributed by atoms with van der Waals surface area (Å²) in [6.07, 6.45) is -0.214. The highest BCUT2D eigenvalue weighted by Crippen LogP contribution is 2.40. The molecule has 3 heterocycles. The highest BCUT2D eigenvalue weighted by atomic mass is 16.8. The number of nitrogens with one attached hydrogen (secondary N) is 1. The summed E-state index contributed by atoms with van der Waals surface area (Å²) < 4.78 is 29.3. The second-order valence-corrected chi connectivity index (χ2v) is 7.28. The minimum atomic E-state index is -0.722. The largest absolute Gasteiger partial charge is 0.348 e. The maximum atomic E-state index is 12.1. The van der Waals surface area contributed by atoms with Gasteiger partial charge in [-0.3, -0.25) is 4.79 Å². The van der Waals surface area contributed by atoms with Crippen LogP contribution >= 0.6 is 0 Å². The Morgan fingerprint density at radius 1 is 1.09 bits per heavy atom. The van der Waals surface area contributed by atoms with E-state index < -0.39 is 17.9 Å². The minimum Gasteiger partial charge on any atom is -0.348 e. The Morgan fingerprint density at radius 2 is 1.83 bits per heavy atom. The van der Waals surface area contributed by atoms with Crippen molar-refractivity contribution in [2.75, 3.05) is 6.61 Å². The van der Waals surface area contributed by atoms with Crippen molar-refractivity contribution < 1.29 is 28.5 Å². The lowest BCUT2D eigenvalue weighted by Crippen LogP contribution is -2.52. The van der Waals surface area contributed by atoms with Gasteiger partial charge in [0.25, 0.3) is 0 Å².